The zero-order valence-electron chi connectivity index (χ0n) is 9.61. The average Bonchev–Trinajstić information content (AvgIpc) is 2.30. The van der Waals surface area contributed by atoms with E-state index in [1.54, 1.807) is 17.8 Å². The molecule has 0 saturated carbocycles. The van der Waals surface area contributed by atoms with E-state index in [4.69, 9.17) is 17.3 Å². The fourth-order valence-electron chi connectivity index (χ4n) is 1.57. The van der Waals surface area contributed by atoms with Gasteiger partial charge in [-0.3, -0.25) is 0 Å². The van der Waals surface area contributed by atoms with Crippen molar-refractivity contribution >= 4 is 29.1 Å². The summed E-state index contributed by atoms with van der Waals surface area (Å²) in [4.78, 5) is 1.29. The van der Waals surface area contributed by atoms with Gasteiger partial charge in [0.15, 0.2) is 0 Å². The molecule has 2 aromatic rings. The first-order valence-electron chi connectivity index (χ1n) is 5.39. The first-order valence-corrected chi connectivity index (χ1v) is 6.75. The van der Waals surface area contributed by atoms with E-state index in [2.05, 4.69) is 31.2 Å². The quantitative estimate of drug-likeness (QED) is 0.651. The predicted octanol–water partition coefficient (Wildman–Crippen LogP) is 4.52. The maximum absolute atomic E-state index is 5.93. The summed E-state index contributed by atoms with van der Waals surface area (Å²) in [6.45, 7) is 2.12. The number of nitrogen functional groups attached to an aromatic ring is 1. The minimum Gasteiger partial charge on any atom is -0.398 e. The standard InChI is InChI=1S/C14H14ClNS/c1-10-4-2-3-5-14(10)17-9-11-6-7-12(15)8-13(11)16/h2-8H,9,16H2,1H3. The number of rotatable bonds is 3. The van der Waals surface area contributed by atoms with E-state index in [9.17, 15) is 0 Å². The van der Waals surface area contributed by atoms with Crippen molar-refractivity contribution in [2.45, 2.75) is 17.6 Å². The van der Waals surface area contributed by atoms with Gasteiger partial charge in [0.05, 0.1) is 0 Å². The third-order valence-corrected chi connectivity index (χ3v) is 4.04. The molecule has 2 N–H and O–H groups in total. The maximum atomic E-state index is 5.93. The summed E-state index contributed by atoms with van der Waals surface area (Å²) >= 11 is 7.67. The van der Waals surface area contributed by atoms with Crippen LogP contribution in [-0.4, -0.2) is 0 Å². The van der Waals surface area contributed by atoms with Crippen molar-refractivity contribution in [3.8, 4) is 0 Å². The highest BCUT2D eigenvalue weighted by molar-refractivity contribution is 7.98. The molecule has 0 aliphatic rings. The van der Waals surface area contributed by atoms with Gasteiger partial charge < -0.3 is 5.73 Å². The Morgan fingerprint density at radius 1 is 1.18 bits per heavy atom. The Kier molecular flexibility index (Phi) is 3.97. The molecule has 0 bridgehead atoms. The van der Waals surface area contributed by atoms with Crippen LogP contribution in [-0.2, 0) is 5.75 Å². The van der Waals surface area contributed by atoms with Crippen molar-refractivity contribution in [1.82, 2.24) is 0 Å². The van der Waals surface area contributed by atoms with Crippen LogP contribution in [0, 0.1) is 6.92 Å². The fraction of sp³-hybridized carbons (Fsp3) is 0.143. The third kappa shape index (κ3) is 3.18. The normalized spacial score (nSPS) is 10.5. The van der Waals surface area contributed by atoms with Gasteiger partial charge >= 0.3 is 0 Å². The second-order valence-corrected chi connectivity index (χ2v) is 5.35. The molecule has 88 valence electrons. The van der Waals surface area contributed by atoms with Gasteiger partial charge in [0, 0.05) is 21.4 Å². The van der Waals surface area contributed by atoms with E-state index in [1.165, 1.54) is 10.5 Å². The van der Waals surface area contributed by atoms with Gasteiger partial charge in [-0.1, -0.05) is 35.9 Å². The Morgan fingerprint density at radius 2 is 1.94 bits per heavy atom. The van der Waals surface area contributed by atoms with Crippen molar-refractivity contribution < 1.29 is 0 Å². The van der Waals surface area contributed by atoms with Crippen molar-refractivity contribution in [3.63, 3.8) is 0 Å². The molecule has 0 heterocycles. The number of hydrogen-bond donors (Lipinski definition) is 1. The van der Waals surface area contributed by atoms with E-state index < -0.39 is 0 Å². The van der Waals surface area contributed by atoms with Crippen LogP contribution in [0.2, 0.25) is 5.02 Å². The van der Waals surface area contributed by atoms with Crippen LogP contribution in [0.25, 0.3) is 0 Å². The van der Waals surface area contributed by atoms with E-state index in [0.717, 1.165) is 17.0 Å². The van der Waals surface area contributed by atoms with Crippen LogP contribution in [0.3, 0.4) is 0 Å². The highest BCUT2D eigenvalue weighted by atomic mass is 35.5. The molecule has 2 rings (SSSR count). The lowest BCUT2D eigenvalue weighted by atomic mass is 10.2. The highest BCUT2D eigenvalue weighted by Crippen LogP contribution is 2.28. The Balaban J connectivity index is 2.10. The summed E-state index contributed by atoms with van der Waals surface area (Å²) in [5, 5.41) is 0.687. The Morgan fingerprint density at radius 3 is 2.65 bits per heavy atom. The molecule has 0 aliphatic heterocycles. The average molecular weight is 264 g/mol. The van der Waals surface area contributed by atoms with Crippen LogP contribution in [0.5, 0.6) is 0 Å². The van der Waals surface area contributed by atoms with Gasteiger partial charge in [-0.15, -0.1) is 11.8 Å². The smallest absolute Gasteiger partial charge is 0.0426 e. The Hall–Kier alpha value is -1.12. The molecule has 1 nitrogen and oxygen atoms in total. The molecule has 2 aromatic carbocycles. The van der Waals surface area contributed by atoms with Gasteiger partial charge in [0.1, 0.15) is 0 Å². The van der Waals surface area contributed by atoms with Gasteiger partial charge in [0.25, 0.3) is 0 Å². The van der Waals surface area contributed by atoms with E-state index in [1.807, 2.05) is 12.1 Å². The van der Waals surface area contributed by atoms with Crippen molar-refractivity contribution in [1.29, 1.82) is 0 Å². The first kappa shape index (κ1) is 12.3. The van der Waals surface area contributed by atoms with Crippen LogP contribution in [0.15, 0.2) is 47.4 Å². The van der Waals surface area contributed by atoms with Gasteiger partial charge in [-0.05, 0) is 36.2 Å². The van der Waals surface area contributed by atoms with E-state index in [0.29, 0.717) is 5.02 Å². The summed E-state index contributed by atoms with van der Waals surface area (Å²) < 4.78 is 0. The largest absolute Gasteiger partial charge is 0.398 e. The molecule has 0 aromatic heterocycles. The number of hydrogen-bond acceptors (Lipinski definition) is 2. The van der Waals surface area contributed by atoms with E-state index in [-0.39, 0.29) is 0 Å². The fourth-order valence-corrected chi connectivity index (χ4v) is 2.80. The molecular formula is C14H14ClNS. The Bertz CT molecular complexity index is 525. The molecule has 0 aliphatic carbocycles. The third-order valence-electron chi connectivity index (χ3n) is 2.58. The monoisotopic (exact) mass is 263 g/mol. The van der Waals surface area contributed by atoms with Crippen molar-refractivity contribution in [2.75, 3.05) is 5.73 Å². The number of benzene rings is 2. The lowest BCUT2D eigenvalue weighted by molar-refractivity contribution is 1.29. The molecular weight excluding hydrogens is 250 g/mol. The minimum absolute atomic E-state index is 0.687. The topological polar surface area (TPSA) is 26.0 Å². The zero-order valence-corrected chi connectivity index (χ0v) is 11.2. The van der Waals surface area contributed by atoms with Crippen LogP contribution >= 0.6 is 23.4 Å². The number of nitrogens with two attached hydrogens (primary N) is 1. The van der Waals surface area contributed by atoms with Crippen LogP contribution in [0.4, 0.5) is 5.69 Å². The molecule has 0 fully saturated rings. The molecule has 0 radical (unpaired) electrons. The van der Waals surface area contributed by atoms with Crippen LogP contribution in [0.1, 0.15) is 11.1 Å². The SMILES string of the molecule is Cc1ccccc1SCc1ccc(Cl)cc1N. The van der Waals surface area contributed by atoms with Crippen LogP contribution < -0.4 is 5.73 Å². The lowest BCUT2D eigenvalue weighted by Gasteiger charge is -2.07. The highest BCUT2D eigenvalue weighted by Gasteiger charge is 2.03. The number of aryl methyl sites for hydroxylation is 1. The number of anilines is 1. The van der Waals surface area contributed by atoms with E-state index >= 15 is 0 Å². The van der Waals surface area contributed by atoms with Crippen molar-refractivity contribution in [3.05, 3.63) is 58.6 Å². The summed E-state index contributed by atoms with van der Waals surface area (Å²) in [5.41, 5.74) is 9.11. The van der Waals surface area contributed by atoms with Crippen molar-refractivity contribution in [2.24, 2.45) is 0 Å². The first-order chi connectivity index (χ1) is 8.16. The summed E-state index contributed by atoms with van der Waals surface area (Å²) in [7, 11) is 0. The number of thioether (sulfide) groups is 1. The minimum atomic E-state index is 0.687. The number of halogens is 1. The molecule has 17 heavy (non-hydrogen) atoms. The molecule has 0 spiro atoms. The molecule has 0 saturated heterocycles. The van der Waals surface area contributed by atoms with Gasteiger partial charge in [0.2, 0.25) is 0 Å². The van der Waals surface area contributed by atoms with Gasteiger partial charge in [-0.25, -0.2) is 0 Å². The zero-order chi connectivity index (χ0) is 12.3. The maximum Gasteiger partial charge on any atom is 0.0426 e. The van der Waals surface area contributed by atoms with Gasteiger partial charge in [-0.2, -0.15) is 0 Å². The predicted molar refractivity (Wildman–Crippen MR) is 76.6 cm³/mol. The summed E-state index contributed by atoms with van der Waals surface area (Å²) in [6, 6.07) is 14.0. The second-order valence-electron chi connectivity index (χ2n) is 3.90. The molecule has 3 heteroatoms. The second kappa shape index (κ2) is 5.48. The molecule has 0 atom stereocenters. The lowest BCUT2D eigenvalue weighted by Crippen LogP contribution is -1.92. The summed E-state index contributed by atoms with van der Waals surface area (Å²) in [6.07, 6.45) is 0. The molecule has 0 amide bonds. The molecule has 0 unspecified atom stereocenters. The Labute approximate surface area is 111 Å². The summed E-state index contributed by atoms with van der Waals surface area (Å²) in [5.74, 6) is 0.869.